The Balaban J connectivity index is 0.000000448. The zero-order valence-electron chi connectivity index (χ0n) is 22.1. The van der Waals surface area contributed by atoms with Crippen molar-refractivity contribution in [3.8, 4) is 0 Å². The van der Waals surface area contributed by atoms with Crippen molar-refractivity contribution in [3.63, 3.8) is 0 Å². The predicted octanol–water partition coefficient (Wildman–Crippen LogP) is 6.90. The molecule has 1 aromatic rings. The van der Waals surface area contributed by atoms with Gasteiger partial charge in [0.1, 0.15) is 0 Å². The summed E-state index contributed by atoms with van der Waals surface area (Å²) in [4.78, 5) is 3.39. The summed E-state index contributed by atoms with van der Waals surface area (Å²) < 4.78 is 0. The van der Waals surface area contributed by atoms with Crippen molar-refractivity contribution in [2.75, 3.05) is 0 Å². The third-order valence-electron chi connectivity index (χ3n) is 5.50. The third-order valence-corrected chi connectivity index (χ3v) is 14.5. The summed E-state index contributed by atoms with van der Waals surface area (Å²) in [7, 11) is -1.28. The normalized spacial score (nSPS) is 20.6. The Bertz CT molecular complexity index is 660. The van der Waals surface area contributed by atoms with Crippen LogP contribution in [0.25, 0.3) is 0 Å². The Morgan fingerprint density at radius 2 is 0.667 bits per heavy atom. The molecule has 1 heterocycles. The maximum absolute atomic E-state index is 2.50. The first-order valence-electron chi connectivity index (χ1n) is 12.0. The van der Waals surface area contributed by atoms with Crippen molar-refractivity contribution >= 4 is 34.2 Å². The first kappa shape index (κ1) is 35.1. The molecule has 0 spiro atoms. The molecule has 4 saturated carbocycles. The van der Waals surface area contributed by atoms with Gasteiger partial charge in [0.2, 0.25) is 0 Å². The zero-order chi connectivity index (χ0) is 24.6. The quantitative estimate of drug-likeness (QED) is 0.327. The van der Waals surface area contributed by atoms with E-state index in [0.29, 0.717) is 0 Å². The molecule has 4 aliphatic carbocycles. The van der Waals surface area contributed by atoms with Crippen LogP contribution in [0.3, 0.4) is 0 Å². The van der Waals surface area contributed by atoms with Gasteiger partial charge in [-0.25, -0.2) is 0 Å². The fourth-order valence-electron chi connectivity index (χ4n) is 3.85. The number of hydrogen-bond donors (Lipinski definition) is 0. The van der Waals surface area contributed by atoms with Crippen LogP contribution in [0.15, 0.2) is 6.07 Å². The van der Waals surface area contributed by atoms with E-state index in [4.69, 9.17) is 0 Å². The van der Waals surface area contributed by atoms with E-state index >= 15 is 0 Å². The molecular weight excluding hydrogens is 571 g/mol. The van der Waals surface area contributed by atoms with E-state index in [-0.39, 0.29) is 34.1 Å². The van der Waals surface area contributed by atoms with Gasteiger partial charge in [0.05, 0.1) is 16.1 Å². The maximum atomic E-state index is 2.50. The molecule has 4 fully saturated rings. The summed E-state index contributed by atoms with van der Waals surface area (Å²) in [5.41, 5.74) is 2.97. The molecular formula is C31H37Fe2PSi2. The molecule has 5 rings (SSSR count). The van der Waals surface area contributed by atoms with E-state index < -0.39 is 16.1 Å². The van der Waals surface area contributed by atoms with Gasteiger partial charge in [-0.1, -0.05) is 53.5 Å². The minimum Gasteiger partial charge on any atom is -0.0779 e. The zero-order valence-corrected chi connectivity index (χ0v) is 27.2. The Morgan fingerprint density at radius 3 is 0.889 bits per heavy atom. The summed E-state index contributed by atoms with van der Waals surface area (Å²) in [6.07, 6.45) is 37.7. The van der Waals surface area contributed by atoms with Gasteiger partial charge in [-0.15, -0.1) is 0 Å². The largest absolute Gasteiger partial charge is 0.0838 e. The minimum atomic E-state index is -1.39. The second-order valence-corrected chi connectivity index (χ2v) is 22.5. The van der Waals surface area contributed by atoms with Gasteiger partial charge in [0, 0.05) is 46.0 Å². The smallest absolute Gasteiger partial charge is 0.0779 e. The Hall–Kier alpha value is 1.12. The van der Waals surface area contributed by atoms with Crippen LogP contribution in [0.2, 0.25) is 39.3 Å². The van der Waals surface area contributed by atoms with Crippen molar-refractivity contribution in [1.82, 2.24) is 0 Å². The molecule has 4 aliphatic rings. The summed E-state index contributed by atoms with van der Waals surface area (Å²) in [5, 5.41) is 0. The van der Waals surface area contributed by atoms with Gasteiger partial charge < -0.3 is 0 Å². The fraction of sp³-hybridized carbons (Fsp3) is 0.194. The summed E-state index contributed by atoms with van der Waals surface area (Å²) >= 11 is 0. The Labute approximate surface area is 250 Å². The molecule has 36 heavy (non-hydrogen) atoms. The van der Waals surface area contributed by atoms with Crippen LogP contribution >= 0.6 is 8.19 Å². The molecule has 0 atom stereocenters. The maximum Gasteiger partial charge on any atom is 0.0838 e. The molecule has 0 nitrogen and oxygen atoms in total. The molecule has 0 unspecified atom stereocenters. The van der Waals surface area contributed by atoms with Crippen LogP contribution in [0.1, 0.15) is 11.1 Å². The van der Waals surface area contributed by atoms with Gasteiger partial charge in [-0.3, -0.25) is 0 Å². The van der Waals surface area contributed by atoms with Crippen molar-refractivity contribution in [2.24, 2.45) is 0 Å². The average molecular weight is 608 g/mol. The third kappa shape index (κ3) is 10.9. The summed E-state index contributed by atoms with van der Waals surface area (Å²) in [6.45, 7) is 14.9. The van der Waals surface area contributed by atoms with Crippen LogP contribution in [0.4, 0.5) is 0 Å². The van der Waals surface area contributed by atoms with Crippen molar-refractivity contribution in [3.05, 3.63) is 145 Å². The standard InChI is InChI=1S/C21H27PSi2.2C5H5.2Fe/c1-23(2,3)20-18(16-11-7-8-12-16)15-19(17-13-9-10-14-17)21(22-20)24(4,5)6;2*1-2-4-5-3-1;;/h7-15H,1-6H3;2*1-5H;;. The topological polar surface area (TPSA) is 0 Å². The minimum absolute atomic E-state index is 0. The Kier molecular flexibility index (Phi) is 16.6. The predicted molar refractivity (Wildman–Crippen MR) is 157 cm³/mol. The van der Waals surface area contributed by atoms with E-state index in [0.717, 1.165) is 0 Å². The second kappa shape index (κ2) is 17.1. The van der Waals surface area contributed by atoms with Crippen LogP contribution in [0, 0.1) is 127 Å². The molecule has 0 aliphatic heterocycles. The van der Waals surface area contributed by atoms with Crippen molar-refractivity contribution < 1.29 is 34.1 Å². The molecule has 5 heteroatoms. The summed E-state index contributed by atoms with van der Waals surface area (Å²) in [6, 6.07) is 2.50. The van der Waals surface area contributed by atoms with E-state index in [1.54, 1.807) is 9.84 Å². The van der Waals surface area contributed by atoms with E-state index in [1.807, 2.05) is 64.2 Å². The molecule has 0 aromatic carbocycles. The van der Waals surface area contributed by atoms with Gasteiger partial charge in [0.15, 0.2) is 0 Å². The van der Waals surface area contributed by atoms with Crippen LogP contribution in [0.5, 0.6) is 0 Å². The Morgan fingerprint density at radius 1 is 0.417 bits per heavy atom. The fourth-order valence-corrected chi connectivity index (χ4v) is 10.4. The average Bonchev–Trinajstić information content (AvgIpc) is 3.63. The van der Waals surface area contributed by atoms with Crippen LogP contribution < -0.4 is 9.84 Å². The van der Waals surface area contributed by atoms with Gasteiger partial charge in [-0.05, 0) is 137 Å². The van der Waals surface area contributed by atoms with E-state index in [9.17, 15) is 0 Å². The van der Waals surface area contributed by atoms with Crippen molar-refractivity contribution in [1.29, 1.82) is 0 Å². The monoisotopic (exact) mass is 608 g/mol. The van der Waals surface area contributed by atoms with E-state index in [2.05, 4.69) is 96.7 Å². The second-order valence-electron chi connectivity index (χ2n) is 10.6. The van der Waals surface area contributed by atoms with Gasteiger partial charge >= 0.3 is 0 Å². The molecule has 0 N–H and O–H groups in total. The summed E-state index contributed by atoms with van der Waals surface area (Å²) in [5.74, 6) is 2.78. The molecule has 190 valence electrons. The van der Waals surface area contributed by atoms with Crippen LogP contribution in [-0.4, -0.2) is 16.1 Å². The molecule has 1 aromatic heterocycles. The van der Waals surface area contributed by atoms with Gasteiger partial charge in [0.25, 0.3) is 0 Å². The van der Waals surface area contributed by atoms with Gasteiger partial charge in [-0.2, -0.15) is 0 Å². The van der Waals surface area contributed by atoms with Crippen molar-refractivity contribution in [2.45, 2.75) is 39.3 Å². The molecule has 0 amide bonds. The SMILES string of the molecule is C[Si](C)(C)c1pc([Si](C)(C)C)c([C]2[CH][CH][CH][CH]2)cc1[C]1[CH][CH][CH][CH]1.[CH]1[CH][CH][CH][CH]1.[CH]1[CH][CH][CH][CH]1.[Fe].[Fe]. The molecule has 0 saturated heterocycles. The van der Waals surface area contributed by atoms with Crippen LogP contribution in [-0.2, 0) is 34.1 Å². The number of hydrogen-bond acceptors (Lipinski definition) is 0. The first-order chi connectivity index (χ1) is 16.2. The molecule has 20 radical (unpaired) electrons. The molecule has 0 bridgehead atoms. The first-order valence-corrected chi connectivity index (χ1v) is 19.9. The number of rotatable bonds is 4. The van der Waals surface area contributed by atoms with E-state index in [1.165, 1.54) is 31.2 Å².